The highest BCUT2D eigenvalue weighted by Crippen LogP contribution is 2.47. The fraction of sp³-hybridized carbons (Fsp3) is 0.357. The van der Waals surface area contributed by atoms with Crippen molar-refractivity contribution in [1.82, 2.24) is 21.0 Å². The lowest BCUT2D eigenvalue weighted by Gasteiger charge is -2.25. The Bertz CT molecular complexity index is 1510. The van der Waals surface area contributed by atoms with E-state index in [1.54, 1.807) is 12.1 Å². The summed E-state index contributed by atoms with van der Waals surface area (Å²) in [6, 6.07) is 9.09. The minimum atomic E-state index is -2.59. The predicted molar refractivity (Wildman–Crippen MR) is 146 cm³/mol. The number of hydrazine groups is 2. The van der Waals surface area contributed by atoms with Crippen molar-refractivity contribution in [2.45, 2.75) is 51.6 Å². The maximum atomic E-state index is 13.8. The van der Waals surface area contributed by atoms with Crippen molar-refractivity contribution in [2.24, 2.45) is 5.41 Å². The van der Waals surface area contributed by atoms with Gasteiger partial charge in [0.05, 0.1) is 34.9 Å². The summed E-state index contributed by atoms with van der Waals surface area (Å²) in [7, 11) is 0. The van der Waals surface area contributed by atoms with Gasteiger partial charge in [0, 0.05) is 30.0 Å². The molecule has 5 rings (SSSR count). The zero-order chi connectivity index (χ0) is 28.9. The van der Waals surface area contributed by atoms with E-state index in [1.165, 1.54) is 41.7 Å². The van der Waals surface area contributed by atoms with Crippen LogP contribution in [0.15, 0.2) is 54.5 Å². The smallest absolute Gasteiger partial charge is 0.262 e. The Labute approximate surface area is 231 Å². The summed E-state index contributed by atoms with van der Waals surface area (Å²) in [5.74, 6) is -0.479. The normalized spacial score (nSPS) is 18.2. The summed E-state index contributed by atoms with van der Waals surface area (Å²) >= 11 is 6.64. The molecule has 0 bridgehead atoms. The maximum Gasteiger partial charge on any atom is 0.262 e. The maximum absolute atomic E-state index is 13.8. The van der Waals surface area contributed by atoms with Gasteiger partial charge in [-0.25, -0.2) is 13.2 Å². The monoisotopic (exact) mass is 556 g/mol. The number of nitrogens with zero attached hydrogens (tertiary/aromatic N) is 3. The molecule has 11 heteroatoms. The van der Waals surface area contributed by atoms with Gasteiger partial charge in [0.25, 0.3) is 6.43 Å². The summed E-state index contributed by atoms with van der Waals surface area (Å²) in [5, 5.41) is 18.4. The molecule has 1 aliphatic heterocycles. The highest BCUT2D eigenvalue weighted by Gasteiger charge is 2.56. The van der Waals surface area contributed by atoms with E-state index in [4.69, 9.17) is 11.6 Å². The number of alkyl halides is 2. The van der Waals surface area contributed by atoms with Crippen LogP contribution in [0.25, 0.3) is 10.9 Å². The minimum absolute atomic E-state index is 0.0858. The Morgan fingerprint density at radius 1 is 1.26 bits per heavy atom. The van der Waals surface area contributed by atoms with Crippen LogP contribution in [0.3, 0.4) is 0 Å². The first-order valence-corrected chi connectivity index (χ1v) is 12.9. The van der Waals surface area contributed by atoms with Gasteiger partial charge >= 0.3 is 0 Å². The van der Waals surface area contributed by atoms with Crippen LogP contribution in [0.2, 0.25) is 5.02 Å². The number of hydrogen-bond donors (Lipinski definition) is 4. The van der Waals surface area contributed by atoms with Gasteiger partial charge < -0.3 is 16.1 Å². The lowest BCUT2D eigenvalue weighted by Crippen LogP contribution is -2.48. The average molecular weight is 557 g/mol. The summed E-state index contributed by atoms with van der Waals surface area (Å²) in [6.07, 6.45) is 0.922. The lowest BCUT2D eigenvalue weighted by molar-refractivity contribution is 0.00911. The fourth-order valence-electron chi connectivity index (χ4n) is 4.39. The average Bonchev–Trinajstić information content (AvgIpc) is 3.56. The molecule has 0 amide bonds. The van der Waals surface area contributed by atoms with E-state index in [2.05, 4.69) is 53.4 Å². The highest BCUT2D eigenvalue weighted by molar-refractivity contribution is 6.35. The number of pyridine rings is 1. The number of nitriles is 1. The molecule has 2 heterocycles. The van der Waals surface area contributed by atoms with E-state index in [1.807, 2.05) is 0 Å². The predicted octanol–water partition coefficient (Wildman–Crippen LogP) is 6.47. The first-order valence-electron chi connectivity index (χ1n) is 13.0. The van der Waals surface area contributed by atoms with Crippen LogP contribution in [-0.2, 0) is 0 Å². The molecule has 204 valence electrons. The van der Waals surface area contributed by atoms with Crippen LogP contribution in [0.4, 0.5) is 24.5 Å². The van der Waals surface area contributed by atoms with Crippen LogP contribution in [0, 0.1) is 22.6 Å². The largest absolute Gasteiger partial charge is 0.383 e. The number of benzene rings is 2. The Balaban J connectivity index is 1.60. The van der Waals surface area contributed by atoms with Gasteiger partial charge in [-0.3, -0.25) is 9.99 Å². The van der Waals surface area contributed by atoms with Gasteiger partial charge in [0.2, 0.25) is 0 Å². The Hall–Kier alpha value is -3.68. The van der Waals surface area contributed by atoms with E-state index >= 15 is 0 Å². The molecule has 7 nitrogen and oxygen atoms in total. The second kappa shape index (κ2) is 10.1. The van der Waals surface area contributed by atoms with Gasteiger partial charge in [-0.1, -0.05) is 44.5 Å². The molecule has 3 aromatic rings. The first kappa shape index (κ1) is 25.6. The van der Waals surface area contributed by atoms with Crippen molar-refractivity contribution in [3.8, 4) is 6.07 Å². The molecule has 0 spiro atoms. The standard InChI is InChI=1S/C28H29ClF3N7/c1-27(2,3)15-35-23-17(12-33)13-34-25-20(23)10-19(11-21(25)29)36-24(16-4-6-18(30)7-5-16)22-14-39(38-37-22)28(8-9-28)26(31)32/h4-7,10-11,13-14,24,26,36-38H,8-9,15H2,1-3H3,(H,34,35)/t24-/m1/s1/i24D. The van der Waals surface area contributed by atoms with Crippen LogP contribution < -0.4 is 21.6 Å². The Morgan fingerprint density at radius 3 is 2.59 bits per heavy atom. The van der Waals surface area contributed by atoms with Crippen molar-refractivity contribution >= 4 is 33.9 Å². The summed E-state index contributed by atoms with van der Waals surface area (Å²) in [6.45, 7) is 6.75. The van der Waals surface area contributed by atoms with Gasteiger partial charge in [-0.15, -0.1) is 5.53 Å². The molecular weight excluding hydrogens is 527 g/mol. The lowest BCUT2D eigenvalue weighted by atomic mass is 9.96. The quantitative estimate of drug-likeness (QED) is 0.253. The van der Waals surface area contributed by atoms with E-state index < -0.39 is 23.8 Å². The molecule has 1 fully saturated rings. The Kier molecular flexibility index (Phi) is 6.65. The molecule has 1 aliphatic carbocycles. The number of nitrogens with one attached hydrogen (secondary N) is 4. The van der Waals surface area contributed by atoms with Crippen LogP contribution in [0.5, 0.6) is 0 Å². The van der Waals surface area contributed by atoms with Crippen molar-refractivity contribution in [3.05, 3.63) is 76.5 Å². The van der Waals surface area contributed by atoms with E-state index in [0.29, 0.717) is 52.8 Å². The third-order valence-electron chi connectivity index (χ3n) is 6.73. The van der Waals surface area contributed by atoms with E-state index in [-0.39, 0.29) is 16.1 Å². The number of anilines is 2. The minimum Gasteiger partial charge on any atom is -0.383 e. The van der Waals surface area contributed by atoms with Crippen LogP contribution in [0.1, 0.15) is 52.1 Å². The summed E-state index contributed by atoms with van der Waals surface area (Å²) in [5.41, 5.74) is 6.52. The molecule has 4 N–H and O–H groups in total. The first-order chi connectivity index (χ1) is 18.9. The summed E-state index contributed by atoms with van der Waals surface area (Å²) in [4.78, 5) is 4.38. The van der Waals surface area contributed by atoms with Crippen molar-refractivity contribution in [2.75, 3.05) is 17.2 Å². The molecule has 1 saturated carbocycles. The molecule has 0 unspecified atom stereocenters. The molecule has 1 aromatic heterocycles. The topological polar surface area (TPSA) is 88.0 Å². The molecule has 39 heavy (non-hydrogen) atoms. The van der Waals surface area contributed by atoms with Crippen LogP contribution >= 0.6 is 11.6 Å². The Morgan fingerprint density at radius 2 is 1.97 bits per heavy atom. The zero-order valence-electron chi connectivity index (χ0n) is 22.7. The van der Waals surface area contributed by atoms with Gasteiger partial charge in [-0.2, -0.15) is 5.26 Å². The fourth-order valence-corrected chi connectivity index (χ4v) is 4.66. The number of fused-ring (bicyclic) bond motifs is 1. The van der Waals surface area contributed by atoms with Crippen molar-refractivity contribution in [1.29, 1.82) is 5.26 Å². The molecular formula is C28H29ClF3N7. The molecule has 2 aliphatic rings. The molecule has 0 saturated heterocycles. The van der Waals surface area contributed by atoms with E-state index in [9.17, 15) is 19.8 Å². The van der Waals surface area contributed by atoms with Crippen molar-refractivity contribution in [3.63, 3.8) is 0 Å². The second-order valence-electron chi connectivity index (χ2n) is 11.0. The number of halogens is 4. The second-order valence-corrected chi connectivity index (χ2v) is 11.4. The van der Waals surface area contributed by atoms with Gasteiger partial charge in [-0.05, 0) is 48.1 Å². The summed E-state index contributed by atoms with van der Waals surface area (Å²) < 4.78 is 50.9. The van der Waals surface area contributed by atoms with Crippen molar-refractivity contribution < 1.29 is 14.5 Å². The highest BCUT2D eigenvalue weighted by atomic mass is 35.5. The zero-order valence-corrected chi connectivity index (χ0v) is 22.4. The van der Waals surface area contributed by atoms with Gasteiger partial charge in [0.15, 0.2) is 0 Å². The number of hydrogen-bond acceptors (Lipinski definition) is 7. The van der Waals surface area contributed by atoms with Gasteiger partial charge in [0.1, 0.15) is 17.4 Å². The molecule has 2 aromatic carbocycles. The number of rotatable bonds is 8. The molecule has 1 atom stereocenters. The molecule has 0 radical (unpaired) electrons. The SMILES string of the molecule is [2H][C@](Nc1cc(Cl)c2ncc(C#N)c(NCC(C)(C)C)c2c1)(C1=CN(C2(C(F)F)CC2)NN1)c1ccc(F)cc1. The number of aromatic nitrogens is 1. The third kappa shape index (κ3) is 5.42. The van der Waals surface area contributed by atoms with E-state index in [0.717, 1.165) is 0 Å². The third-order valence-corrected chi connectivity index (χ3v) is 7.02. The van der Waals surface area contributed by atoms with Crippen LogP contribution in [-0.4, -0.2) is 28.5 Å².